The molecule has 1 heterocycles. The van der Waals surface area contributed by atoms with Crippen LogP contribution in [0.5, 0.6) is 0 Å². The Morgan fingerprint density at radius 1 is 1.25 bits per heavy atom. The first-order valence-corrected chi connectivity index (χ1v) is 9.28. The smallest absolute Gasteiger partial charge is 0.221 e. The van der Waals surface area contributed by atoms with E-state index in [2.05, 4.69) is 10.2 Å². The minimum Gasteiger partial charge on any atom is -0.390 e. The number of carbonyl (C=O) groups excluding carboxylic acids is 1. The highest BCUT2D eigenvalue weighted by Crippen LogP contribution is 2.09. The van der Waals surface area contributed by atoms with Crippen molar-refractivity contribution in [3.63, 3.8) is 0 Å². The van der Waals surface area contributed by atoms with Crippen LogP contribution < -0.4 is 5.32 Å². The first-order valence-electron chi connectivity index (χ1n) is 7.21. The molecule has 0 radical (unpaired) electrons. The maximum absolute atomic E-state index is 11.4. The van der Waals surface area contributed by atoms with Gasteiger partial charge in [-0.1, -0.05) is 12.8 Å². The van der Waals surface area contributed by atoms with Crippen LogP contribution in [0, 0.1) is 0 Å². The van der Waals surface area contributed by atoms with Crippen LogP contribution in [0.3, 0.4) is 0 Å². The van der Waals surface area contributed by atoms with Crippen LogP contribution in [0.25, 0.3) is 0 Å². The first-order chi connectivity index (χ1) is 9.37. The molecule has 1 saturated heterocycles. The second-order valence-electron chi connectivity index (χ2n) is 5.55. The summed E-state index contributed by atoms with van der Waals surface area (Å²) in [5.41, 5.74) is 0. The third kappa shape index (κ3) is 8.50. The van der Waals surface area contributed by atoms with Crippen LogP contribution in [0.15, 0.2) is 0 Å². The van der Waals surface area contributed by atoms with E-state index >= 15 is 0 Å². The minimum atomic E-state index is -3.12. The second kappa shape index (κ2) is 8.59. The van der Waals surface area contributed by atoms with Crippen molar-refractivity contribution in [1.29, 1.82) is 0 Å². The number of hydrogen-bond donors (Lipinski definition) is 2. The van der Waals surface area contributed by atoms with Crippen molar-refractivity contribution in [1.82, 2.24) is 10.2 Å². The van der Waals surface area contributed by atoms with Crippen molar-refractivity contribution < 1.29 is 18.3 Å². The molecular formula is C13H26N2O4S. The average Bonchev–Trinajstić information content (AvgIpc) is 2.61. The van der Waals surface area contributed by atoms with Gasteiger partial charge in [0, 0.05) is 25.8 Å². The van der Waals surface area contributed by atoms with E-state index < -0.39 is 15.9 Å². The van der Waals surface area contributed by atoms with Gasteiger partial charge >= 0.3 is 0 Å². The van der Waals surface area contributed by atoms with E-state index in [9.17, 15) is 18.3 Å². The van der Waals surface area contributed by atoms with Crippen LogP contribution in [-0.4, -0.2) is 68.6 Å². The molecule has 1 fully saturated rings. The standard InChI is InChI=1S/C13H26N2O4S/c1-20(18,19)9-6-13(17)14-10-12(16)11-15-7-4-2-3-5-8-15/h12,16H,2-11H2,1H3,(H,14,17). The van der Waals surface area contributed by atoms with Gasteiger partial charge < -0.3 is 15.3 Å². The van der Waals surface area contributed by atoms with Gasteiger partial charge in [0.25, 0.3) is 0 Å². The highest BCUT2D eigenvalue weighted by Gasteiger charge is 2.15. The maximum atomic E-state index is 11.4. The van der Waals surface area contributed by atoms with Crippen LogP contribution >= 0.6 is 0 Å². The zero-order valence-corrected chi connectivity index (χ0v) is 13.0. The quantitative estimate of drug-likeness (QED) is 0.679. The molecule has 7 heteroatoms. The molecule has 1 unspecified atom stereocenters. The molecule has 0 aromatic rings. The zero-order valence-electron chi connectivity index (χ0n) is 12.2. The summed E-state index contributed by atoms with van der Waals surface area (Å²) in [6, 6.07) is 0. The van der Waals surface area contributed by atoms with Gasteiger partial charge in [-0.25, -0.2) is 8.42 Å². The fourth-order valence-corrected chi connectivity index (χ4v) is 2.84. The van der Waals surface area contributed by atoms with Crippen LogP contribution in [-0.2, 0) is 14.6 Å². The van der Waals surface area contributed by atoms with E-state index in [1.807, 2.05) is 0 Å². The van der Waals surface area contributed by atoms with Crippen LogP contribution in [0.2, 0.25) is 0 Å². The average molecular weight is 306 g/mol. The fourth-order valence-electron chi connectivity index (χ4n) is 2.28. The summed E-state index contributed by atoms with van der Waals surface area (Å²) < 4.78 is 21.9. The Bertz CT molecular complexity index is 389. The number of nitrogens with zero attached hydrogens (tertiary/aromatic N) is 1. The highest BCUT2D eigenvalue weighted by atomic mass is 32.2. The molecule has 1 aliphatic heterocycles. The largest absolute Gasteiger partial charge is 0.390 e. The molecule has 0 saturated carbocycles. The van der Waals surface area contributed by atoms with Gasteiger partial charge in [-0.2, -0.15) is 0 Å². The number of nitrogens with one attached hydrogen (secondary N) is 1. The molecule has 1 atom stereocenters. The first kappa shape index (κ1) is 17.4. The number of sulfone groups is 1. The third-order valence-corrected chi connectivity index (χ3v) is 4.35. The summed E-state index contributed by atoms with van der Waals surface area (Å²) in [6.07, 6.45) is 5.27. The lowest BCUT2D eigenvalue weighted by Gasteiger charge is -2.23. The molecule has 0 aliphatic carbocycles. The molecule has 20 heavy (non-hydrogen) atoms. The third-order valence-electron chi connectivity index (χ3n) is 3.40. The molecule has 0 spiro atoms. The molecule has 0 aromatic carbocycles. The SMILES string of the molecule is CS(=O)(=O)CCC(=O)NCC(O)CN1CCCCCC1. The van der Waals surface area contributed by atoms with E-state index in [0.29, 0.717) is 6.54 Å². The fraction of sp³-hybridized carbons (Fsp3) is 0.923. The lowest BCUT2D eigenvalue weighted by Crippen LogP contribution is -2.40. The summed E-state index contributed by atoms with van der Waals surface area (Å²) >= 11 is 0. The summed E-state index contributed by atoms with van der Waals surface area (Å²) in [7, 11) is -3.12. The summed E-state index contributed by atoms with van der Waals surface area (Å²) in [4.78, 5) is 13.7. The van der Waals surface area contributed by atoms with Gasteiger partial charge in [-0.3, -0.25) is 4.79 Å². The van der Waals surface area contributed by atoms with Gasteiger partial charge in [0.1, 0.15) is 9.84 Å². The van der Waals surface area contributed by atoms with E-state index in [1.54, 1.807) is 0 Å². The van der Waals surface area contributed by atoms with Gasteiger partial charge in [0.15, 0.2) is 0 Å². The Kier molecular flexibility index (Phi) is 7.47. The number of carbonyl (C=O) groups is 1. The zero-order chi connectivity index (χ0) is 15.0. The van der Waals surface area contributed by atoms with Crippen molar-refractivity contribution >= 4 is 15.7 Å². The summed E-state index contributed by atoms with van der Waals surface area (Å²) in [5.74, 6) is -0.480. The van der Waals surface area contributed by atoms with Gasteiger partial charge in [-0.15, -0.1) is 0 Å². The molecule has 1 aliphatic rings. The van der Waals surface area contributed by atoms with Gasteiger partial charge in [0.2, 0.25) is 5.91 Å². The van der Waals surface area contributed by atoms with Crippen molar-refractivity contribution in [2.45, 2.75) is 38.2 Å². The highest BCUT2D eigenvalue weighted by molar-refractivity contribution is 7.90. The number of β-amino-alcohol motifs (C(OH)–C–C–N with tert-alkyl or cyclic N) is 1. The topological polar surface area (TPSA) is 86.7 Å². The van der Waals surface area contributed by atoms with Crippen molar-refractivity contribution in [3.05, 3.63) is 0 Å². The molecule has 1 amide bonds. The van der Waals surface area contributed by atoms with Crippen LogP contribution in [0.4, 0.5) is 0 Å². The van der Waals surface area contributed by atoms with E-state index in [4.69, 9.17) is 0 Å². The Morgan fingerprint density at radius 3 is 2.40 bits per heavy atom. The Morgan fingerprint density at radius 2 is 1.85 bits per heavy atom. The van der Waals surface area contributed by atoms with E-state index in [1.165, 1.54) is 12.8 Å². The lowest BCUT2D eigenvalue weighted by atomic mass is 10.2. The van der Waals surface area contributed by atoms with E-state index in [0.717, 1.165) is 32.2 Å². The Labute approximate surface area is 121 Å². The monoisotopic (exact) mass is 306 g/mol. The Hall–Kier alpha value is -0.660. The van der Waals surface area contributed by atoms with Crippen molar-refractivity contribution in [2.24, 2.45) is 0 Å². The lowest BCUT2D eigenvalue weighted by molar-refractivity contribution is -0.121. The molecule has 118 valence electrons. The number of aliphatic hydroxyl groups is 1. The second-order valence-corrected chi connectivity index (χ2v) is 7.81. The minimum absolute atomic E-state index is 0.0464. The van der Waals surface area contributed by atoms with E-state index in [-0.39, 0.29) is 24.6 Å². The number of amides is 1. The van der Waals surface area contributed by atoms with Gasteiger partial charge in [-0.05, 0) is 25.9 Å². The predicted octanol–water partition coefficient (Wildman–Crippen LogP) is -0.226. The predicted molar refractivity (Wildman–Crippen MR) is 78.3 cm³/mol. The summed E-state index contributed by atoms with van der Waals surface area (Å²) in [5, 5.41) is 12.5. The molecule has 6 nitrogen and oxygen atoms in total. The van der Waals surface area contributed by atoms with Gasteiger partial charge in [0.05, 0.1) is 11.9 Å². The maximum Gasteiger partial charge on any atom is 0.221 e. The molecular weight excluding hydrogens is 280 g/mol. The van der Waals surface area contributed by atoms with Crippen molar-refractivity contribution in [3.8, 4) is 0 Å². The Balaban J connectivity index is 2.18. The molecule has 0 bridgehead atoms. The summed E-state index contributed by atoms with van der Waals surface area (Å²) in [6.45, 7) is 2.74. The number of likely N-dealkylation sites (tertiary alicyclic amines) is 1. The number of hydrogen-bond acceptors (Lipinski definition) is 5. The number of rotatable bonds is 7. The normalized spacial score (nSPS) is 19.3. The van der Waals surface area contributed by atoms with Crippen LogP contribution in [0.1, 0.15) is 32.1 Å². The van der Waals surface area contributed by atoms with Crippen molar-refractivity contribution in [2.75, 3.05) is 38.2 Å². The molecule has 1 rings (SSSR count). The molecule has 0 aromatic heterocycles. The molecule has 2 N–H and O–H groups in total. The number of aliphatic hydroxyl groups excluding tert-OH is 1.